The van der Waals surface area contributed by atoms with Gasteiger partial charge in [-0.25, -0.2) is 0 Å². The molecule has 0 amide bonds. The zero-order chi connectivity index (χ0) is 13.8. The van der Waals surface area contributed by atoms with Crippen LogP contribution in [0, 0.1) is 0 Å². The second-order valence-corrected chi connectivity index (χ2v) is 6.49. The van der Waals surface area contributed by atoms with Gasteiger partial charge < -0.3 is 5.32 Å². The van der Waals surface area contributed by atoms with Crippen LogP contribution in [0.3, 0.4) is 0 Å². The Morgan fingerprint density at radius 1 is 1.11 bits per heavy atom. The zero-order valence-electron chi connectivity index (χ0n) is 10.5. The lowest BCUT2D eigenvalue weighted by Gasteiger charge is -2.16. The molecule has 0 aromatic heterocycles. The molecular formula is C15H14Br2ClN. The Morgan fingerprint density at radius 3 is 2.53 bits per heavy atom. The van der Waals surface area contributed by atoms with Crippen molar-refractivity contribution in [3.8, 4) is 0 Å². The summed E-state index contributed by atoms with van der Waals surface area (Å²) in [6.45, 7) is 2.94. The monoisotopic (exact) mass is 401 g/mol. The molecule has 0 aliphatic rings. The molecule has 0 bridgehead atoms. The first-order chi connectivity index (χ1) is 9.08. The summed E-state index contributed by atoms with van der Waals surface area (Å²) in [4.78, 5) is 0. The van der Waals surface area contributed by atoms with Gasteiger partial charge in [0.05, 0.1) is 5.02 Å². The van der Waals surface area contributed by atoms with Gasteiger partial charge in [0, 0.05) is 21.5 Å². The van der Waals surface area contributed by atoms with Crippen LogP contribution in [0.1, 0.15) is 24.1 Å². The SMILES string of the molecule is CC(NCc1ccc(Br)c(Cl)c1)c1ccccc1Br. The number of nitrogens with one attached hydrogen (secondary N) is 1. The molecule has 2 aromatic rings. The van der Waals surface area contributed by atoms with Crippen LogP contribution in [0.5, 0.6) is 0 Å². The van der Waals surface area contributed by atoms with Crippen molar-refractivity contribution in [3.05, 3.63) is 67.6 Å². The van der Waals surface area contributed by atoms with Crippen molar-refractivity contribution in [1.29, 1.82) is 0 Å². The normalized spacial score (nSPS) is 12.4. The first kappa shape index (κ1) is 15.0. The van der Waals surface area contributed by atoms with Crippen molar-refractivity contribution in [2.24, 2.45) is 0 Å². The molecule has 0 aliphatic heterocycles. The largest absolute Gasteiger partial charge is 0.306 e. The van der Waals surface area contributed by atoms with E-state index >= 15 is 0 Å². The molecule has 0 saturated heterocycles. The van der Waals surface area contributed by atoms with E-state index in [0.29, 0.717) is 0 Å². The molecule has 19 heavy (non-hydrogen) atoms. The first-order valence-corrected chi connectivity index (χ1v) is 7.96. The lowest BCUT2D eigenvalue weighted by Crippen LogP contribution is -2.18. The van der Waals surface area contributed by atoms with Crippen molar-refractivity contribution < 1.29 is 0 Å². The van der Waals surface area contributed by atoms with Gasteiger partial charge in [0.25, 0.3) is 0 Å². The van der Waals surface area contributed by atoms with Gasteiger partial charge in [-0.2, -0.15) is 0 Å². The quantitative estimate of drug-likeness (QED) is 0.689. The summed E-state index contributed by atoms with van der Waals surface area (Å²) in [7, 11) is 0. The van der Waals surface area contributed by atoms with E-state index in [0.717, 1.165) is 20.5 Å². The Labute approximate surface area is 135 Å². The molecule has 2 rings (SSSR count). The highest BCUT2D eigenvalue weighted by Gasteiger charge is 2.08. The fourth-order valence-corrected chi connectivity index (χ4v) is 2.93. The van der Waals surface area contributed by atoms with E-state index < -0.39 is 0 Å². The molecule has 4 heteroatoms. The van der Waals surface area contributed by atoms with Crippen molar-refractivity contribution in [2.45, 2.75) is 19.5 Å². The van der Waals surface area contributed by atoms with E-state index in [1.807, 2.05) is 18.2 Å². The van der Waals surface area contributed by atoms with Crippen LogP contribution in [0.2, 0.25) is 5.02 Å². The summed E-state index contributed by atoms with van der Waals surface area (Å²) < 4.78 is 2.06. The van der Waals surface area contributed by atoms with E-state index in [4.69, 9.17) is 11.6 Å². The molecule has 1 nitrogen and oxygen atoms in total. The van der Waals surface area contributed by atoms with Crippen LogP contribution in [0.4, 0.5) is 0 Å². The molecule has 0 radical (unpaired) electrons. The minimum absolute atomic E-state index is 0.276. The predicted molar refractivity (Wildman–Crippen MR) is 88.5 cm³/mol. The standard InChI is InChI=1S/C15H14Br2ClN/c1-10(12-4-2-3-5-13(12)16)19-9-11-6-7-14(17)15(18)8-11/h2-8,10,19H,9H2,1H3. The second-order valence-electron chi connectivity index (χ2n) is 4.37. The third-order valence-electron chi connectivity index (χ3n) is 2.97. The van der Waals surface area contributed by atoms with Crippen LogP contribution in [0.15, 0.2) is 51.4 Å². The maximum absolute atomic E-state index is 6.09. The van der Waals surface area contributed by atoms with Gasteiger partial charge in [0.2, 0.25) is 0 Å². The molecule has 0 saturated carbocycles. The zero-order valence-corrected chi connectivity index (χ0v) is 14.4. The van der Waals surface area contributed by atoms with E-state index in [1.54, 1.807) is 0 Å². The lowest BCUT2D eigenvalue weighted by atomic mass is 10.1. The molecule has 1 unspecified atom stereocenters. The van der Waals surface area contributed by atoms with E-state index in [-0.39, 0.29) is 6.04 Å². The maximum atomic E-state index is 6.09. The number of hydrogen-bond acceptors (Lipinski definition) is 1. The summed E-state index contributed by atoms with van der Waals surface area (Å²) in [5, 5.41) is 4.24. The molecule has 1 atom stereocenters. The van der Waals surface area contributed by atoms with E-state index in [2.05, 4.69) is 68.4 Å². The summed E-state index contributed by atoms with van der Waals surface area (Å²) in [5.74, 6) is 0. The van der Waals surface area contributed by atoms with Crippen LogP contribution in [0.25, 0.3) is 0 Å². The van der Waals surface area contributed by atoms with Gasteiger partial charge in [0.15, 0.2) is 0 Å². The highest BCUT2D eigenvalue weighted by Crippen LogP contribution is 2.25. The fourth-order valence-electron chi connectivity index (χ4n) is 1.86. The van der Waals surface area contributed by atoms with Gasteiger partial charge in [0.1, 0.15) is 0 Å². The van der Waals surface area contributed by atoms with Crippen molar-refractivity contribution in [1.82, 2.24) is 5.32 Å². The number of hydrogen-bond donors (Lipinski definition) is 1. The summed E-state index contributed by atoms with van der Waals surface area (Å²) in [6, 6.07) is 14.5. The fraction of sp³-hybridized carbons (Fsp3) is 0.200. The predicted octanol–water partition coefficient (Wildman–Crippen LogP) is 5.72. The minimum atomic E-state index is 0.276. The highest BCUT2D eigenvalue weighted by atomic mass is 79.9. The first-order valence-electron chi connectivity index (χ1n) is 5.99. The van der Waals surface area contributed by atoms with Crippen LogP contribution < -0.4 is 5.32 Å². The Hall–Kier alpha value is -0.350. The van der Waals surface area contributed by atoms with Gasteiger partial charge in [-0.05, 0) is 52.2 Å². The van der Waals surface area contributed by atoms with Crippen LogP contribution >= 0.6 is 43.5 Å². The summed E-state index contributed by atoms with van der Waals surface area (Å²) >= 11 is 13.1. The molecule has 100 valence electrons. The minimum Gasteiger partial charge on any atom is -0.306 e. The number of benzene rings is 2. The summed E-state index contributed by atoms with van der Waals surface area (Å²) in [6.07, 6.45) is 0. The number of halogens is 3. The van der Waals surface area contributed by atoms with Crippen LogP contribution in [-0.2, 0) is 6.54 Å². The van der Waals surface area contributed by atoms with Crippen LogP contribution in [-0.4, -0.2) is 0 Å². The lowest BCUT2D eigenvalue weighted by molar-refractivity contribution is 0.573. The Balaban J connectivity index is 2.02. The second kappa shape index (κ2) is 6.89. The maximum Gasteiger partial charge on any atom is 0.0551 e. The van der Waals surface area contributed by atoms with Crippen molar-refractivity contribution in [2.75, 3.05) is 0 Å². The van der Waals surface area contributed by atoms with Gasteiger partial charge >= 0.3 is 0 Å². The average molecular weight is 404 g/mol. The Kier molecular flexibility index (Phi) is 5.46. The van der Waals surface area contributed by atoms with Gasteiger partial charge in [-0.15, -0.1) is 0 Å². The topological polar surface area (TPSA) is 12.0 Å². The summed E-state index contributed by atoms with van der Waals surface area (Å²) in [5.41, 5.74) is 2.43. The van der Waals surface area contributed by atoms with E-state index in [1.165, 1.54) is 11.1 Å². The Morgan fingerprint density at radius 2 is 1.84 bits per heavy atom. The average Bonchev–Trinajstić information content (AvgIpc) is 2.40. The molecule has 0 fully saturated rings. The third-order valence-corrected chi connectivity index (χ3v) is 4.92. The molecule has 2 aromatic carbocycles. The highest BCUT2D eigenvalue weighted by molar-refractivity contribution is 9.10. The molecular weight excluding hydrogens is 389 g/mol. The van der Waals surface area contributed by atoms with E-state index in [9.17, 15) is 0 Å². The van der Waals surface area contributed by atoms with Crippen molar-refractivity contribution in [3.63, 3.8) is 0 Å². The molecule has 1 N–H and O–H groups in total. The van der Waals surface area contributed by atoms with Crippen molar-refractivity contribution >= 4 is 43.5 Å². The molecule has 0 aliphatic carbocycles. The van der Waals surface area contributed by atoms with Gasteiger partial charge in [-0.1, -0.05) is 51.8 Å². The Bertz CT molecular complexity index is 572. The van der Waals surface area contributed by atoms with Gasteiger partial charge in [-0.3, -0.25) is 0 Å². The number of rotatable bonds is 4. The molecule has 0 spiro atoms. The molecule has 0 heterocycles. The smallest absolute Gasteiger partial charge is 0.0551 e. The third kappa shape index (κ3) is 4.06.